The third-order valence-electron chi connectivity index (χ3n) is 2.90. The van der Waals surface area contributed by atoms with Gasteiger partial charge >= 0.3 is 0 Å². The van der Waals surface area contributed by atoms with E-state index in [1.807, 2.05) is 27.7 Å². The van der Waals surface area contributed by atoms with Gasteiger partial charge in [0, 0.05) is 13.2 Å². The predicted octanol–water partition coefficient (Wildman–Crippen LogP) is 2.55. The van der Waals surface area contributed by atoms with Crippen LogP contribution >= 0.6 is 0 Å². The third-order valence-corrected chi connectivity index (χ3v) is 2.90. The van der Waals surface area contributed by atoms with E-state index in [1.165, 1.54) is 0 Å². The van der Waals surface area contributed by atoms with E-state index in [9.17, 15) is 4.79 Å². The molecule has 0 aliphatic heterocycles. The van der Waals surface area contributed by atoms with Gasteiger partial charge in [-0.05, 0) is 19.3 Å². The average molecular weight is 268 g/mol. The lowest BCUT2D eigenvalue weighted by Crippen LogP contribution is -2.32. The monoisotopic (exact) mass is 268 g/mol. The van der Waals surface area contributed by atoms with Gasteiger partial charge in [0.05, 0.1) is 13.3 Å². The van der Waals surface area contributed by atoms with E-state index in [0.717, 1.165) is 6.42 Å². The Morgan fingerprint density at radius 1 is 1.42 bits per heavy atom. The molecule has 0 saturated carbocycles. The first-order valence-corrected chi connectivity index (χ1v) is 6.82. The molecule has 0 spiro atoms. The van der Waals surface area contributed by atoms with Gasteiger partial charge in [-0.15, -0.1) is 0 Å². The number of Topliss-reactive ketones (excluding diaryl/α,β-unsaturated/α-hetero) is 1. The minimum atomic E-state index is -0.453. The molecule has 0 radical (unpaired) electrons. The SMILES string of the molecule is CCCn1ncc(OC)c1C(=O)C(OCC)C(C)C. The third kappa shape index (κ3) is 3.56. The highest BCUT2D eigenvalue weighted by Crippen LogP contribution is 2.23. The molecular weight excluding hydrogens is 244 g/mol. The zero-order valence-corrected chi connectivity index (χ0v) is 12.5. The first-order valence-electron chi connectivity index (χ1n) is 6.82. The van der Waals surface area contributed by atoms with Crippen LogP contribution in [0.15, 0.2) is 6.20 Å². The normalized spacial score (nSPS) is 12.7. The molecular formula is C14H24N2O3. The Morgan fingerprint density at radius 2 is 2.11 bits per heavy atom. The standard InChI is InChI=1S/C14H24N2O3/c1-6-8-16-12(11(18-5)9-15-16)13(17)14(10(3)4)19-7-2/h9-10,14H,6-8H2,1-5H3. The molecule has 1 aromatic heterocycles. The summed E-state index contributed by atoms with van der Waals surface area (Å²) in [5, 5.41) is 4.21. The second-order valence-corrected chi connectivity index (χ2v) is 4.77. The van der Waals surface area contributed by atoms with Gasteiger partial charge in [0.2, 0.25) is 5.78 Å². The fourth-order valence-electron chi connectivity index (χ4n) is 2.03. The van der Waals surface area contributed by atoms with Crippen molar-refractivity contribution < 1.29 is 14.3 Å². The highest BCUT2D eigenvalue weighted by Gasteiger charge is 2.29. The lowest BCUT2D eigenvalue weighted by atomic mass is 10.0. The number of rotatable bonds is 8. The zero-order valence-electron chi connectivity index (χ0n) is 12.5. The van der Waals surface area contributed by atoms with Crippen molar-refractivity contribution in [1.29, 1.82) is 0 Å². The molecule has 5 nitrogen and oxygen atoms in total. The predicted molar refractivity (Wildman–Crippen MR) is 73.7 cm³/mol. The van der Waals surface area contributed by atoms with Gasteiger partial charge < -0.3 is 9.47 Å². The van der Waals surface area contributed by atoms with E-state index in [0.29, 0.717) is 24.6 Å². The molecule has 0 N–H and O–H groups in total. The number of aromatic nitrogens is 2. The Balaban J connectivity index is 3.11. The van der Waals surface area contributed by atoms with Crippen LogP contribution in [0.25, 0.3) is 0 Å². The van der Waals surface area contributed by atoms with Gasteiger partial charge in [-0.25, -0.2) is 0 Å². The van der Waals surface area contributed by atoms with Crippen LogP contribution in [0.4, 0.5) is 0 Å². The molecule has 0 saturated heterocycles. The maximum absolute atomic E-state index is 12.6. The van der Waals surface area contributed by atoms with Crippen LogP contribution in [0.3, 0.4) is 0 Å². The molecule has 1 aromatic rings. The van der Waals surface area contributed by atoms with Crippen molar-refractivity contribution in [2.45, 2.75) is 46.8 Å². The minimum absolute atomic E-state index is 0.0559. The second-order valence-electron chi connectivity index (χ2n) is 4.77. The summed E-state index contributed by atoms with van der Waals surface area (Å²) in [6.07, 6.45) is 2.05. The number of ether oxygens (including phenoxy) is 2. The fourth-order valence-corrected chi connectivity index (χ4v) is 2.03. The molecule has 1 unspecified atom stereocenters. The molecule has 5 heteroatoms. The molecule has 0 aliphatic carbocycles. The summed E-state index contributed by atoms with van der Waals surface area (Å²) in [5.74, 6) is 0.575. The smallest absolute Gasteiger partial charge is 0.213 e. The van der Waals surface area contributed by atoms with E-state index in [4.69, 9.17) is 9.47 Å². The second kappa shape index (κ2) is 7.28. The molecule has 0 amide bonds. The van der Waals surface area contributed by atoms with Crippen LogP contribution < -0.4 is 4.74 Å². The van der Waals surface area contributed by atoms with E-state index in [-0.39, 0.29) is 11.7 Å². The minimum Gasteiger partial charge on any atom is -0.493 e. The van der Waals surface area contributed by atoms with E-state index in [2.05, 4.69) is 5.10 Å². The lowest BCUT2D eigenvalue weighted by molar-refractivity contribution is 0.0268. The summed E-state index contributed by atoms with van der Waals surface area (Å²) < 4.78 is 12.5. The maximum Gasteiger partial charge on any atom is 0.213 e. The van der Waals surface area contributed by atoms with Crippen molar-refractivity contribution in [3.8, 4) is 5.75 Å². The number of ketones is 1. The van der Waals surface area contributed by atoms with Gasteiger partial charge in [-0.2, -0.15) is 5.10 Å². The molecule has 108 valence electrons. The number of nitrogens with zero attached hydrogens (tertiary/aromatic N) is 2. The Kier molecular flexibility index (Phi) is 6.02. The summed E-state index contributed by atoms with van der Waals surface area (Å²) in [6.45, 7) is 9.10. The van der Waals surface area contributed by atoms with E-state index in [1.54, 1.807) is 18.0 Å². The summed E-state index contributed by atoms with van der Waals surface area (Å²) in [6, 6.07) is 0. The van der Waals surface area contributed by atoms with Crippen molar-refractivity contribution in [2.24, 2.45) is 5.92 Å². The van der Waals surface area contributed by atoms with Gasteiger partial charge in [0.1, 0.15) is 11.8 Å². The summed E-state index contributed by atoms with van der Waals surface area (Å²) in [5.41, 5.74) is 0.511. The molecule has 19 heavy (non-hydrogen) atoms. The molecule has 0 aliphatic rings. The lowest BCUT2D eigenvalue weighted by Gasteiger charge is -2.20. The Hall–Kier alpha value is -1.36. The highest BCUT2D eigenvalue weighted by atomic mass is 16.5. The van der Waals surface area contributed by atoms with Crippen LogP contribution in [0.1, 0.15) is 44.6 Å². The largest absolute Gasteiger partial charge is 0.493 e. The number of carbonyl (C=O) groups excluding carboxylic acids is 1. The molecule has 1 rings (SSSR count). The van der Waals surface area contributed by atoms with E-state index < -0.39 is 6.10 Å². The Morgan fingerprint density at radius 3 is 2.58 bits per heavy atom. The van der Waals surface area contributed by atoms with Crippen LogP contribution in [-0.2, 0) is 11.3 Å². The van der Waals surface area contributed by atoms with E-state index >= 15 is 0 Å². The highest BCUT2D eigenvalue weighted by molar-refractivity contribution is 6.00. The topological polar surface area (TPSA) is 53.4 Å². The molecule has 1 heterocycles. The molecule has 1 atom stereocenters. The van der Waals surface area contributed by atoms with Crippen LogP contribution in [0.5, 0.6) is 5.75 Å². The Labute approximate surface area is 114 Å². The number of methoxy groups -OCH3 is 1. The molecule has 0 aromatic carbocycles. The van der Waals surface area contributed by atoms with Crippen LogP contribution in [0.2, 0.25) is 0 Å². The van der Waals surface area contributed by atoms with Gasteiger partial charge in [0.25, 0.3) is 0 Å². The first kappa shape index (κ1) is 15.7. The van der Waals surface area contributed by atoms with Gasteiger partial charge in [-0.3, -0.25) is 9.48 Å². The van der Waals surface area contributed by atoms with Crippen molar-refractivity contribution in [1.82, 2.24) is 9.78 Å². The van der Waals surface area contributed by atoms with Crippen LogP contribution in [-0.4, -0.2) is 35.4 Å². The number of hydrogen-bond acceptors (Lipinski definition) is 4. The summed E-state index contributed by atoms with van der Waals surface area (Å²) in [7, 11) is 1.55. The summed E-state index contributed by atoms with van der Waals surface area (Å²) >= 11 is 0. The van der Waals surface area contributed by atoms with Crippen molar-refractivity contribution >= 4 is 5.78 Å². The average Bonchev–Trinajstić information content (AvgIpc) is 2.78. The summed E-state index contributed by atoms with van der Waals surface area (Å²) in [4.78, 5) is 12.6. The van der Waals surface area contributed by atoms with Gasteiger partial charge in [0.15, 0.2) is 5.75 Å². The van der Waals surface area contributed by atoms with Crippen molar-refractivity contribution in [2.75, 3.05) is 13.7 Å². The Bertz CT molecular complexity index is 413. The first-order chi connectivity index (χ1) is 9.06. The number of aryl methyl sites for hydroxylation is 1. The number of hydrogen-bond donors (Lipinski definition) is 0. The van der Waals surface area contributed by atoms with Gasteiger partial charge in [-0.1, -0.05) is 20.8 Å². The van der Waals surface area contributed by atoms with Crippen molar-refractivity contribution in [3.63, 3.8) is 0 Å². The molecule has 0 fully saturated rings. The quantitative estimate of drug-likeness (QED) is 0.680. The fraction of sp³-hybridized carbons (Fsp3) is 0.714. The zero-order chi connectivity index (χ0) is 14.4. The maximum atomic E-state index is 12.6. The molecule has 0 bridgehead atoms. The number of carbonyl (C=O) groups is 1. The van der Waals surface area contributed by atoms with Crippen molar-refractivity contribution in [3.05, 3.63) is 11.9 Å². The van der Waals surface area contributed by atoms with Crippen LogP contribution in [0, 0.1) is 5.92 Å².